The summed E-state index contributed by atoms with van der Waals surface area (Å²) in [4.78, 5) is 24.4. The highest BCUT2D eigenvalue weighted by Crippen LogP contribution is 2.27. The maximum absolute atomic E-state index is 12.7. The Labute approximate surface area is 168 Å². The number of rotatable bonds is 6. The van der Waals surface area contributed by atoms with Crippen molar-refractivity contribution in [2.45, 2.75) is 26.4 Å². The van der Waals surface area contributed by atoms with E-state index in [1.54, 1.807) is 29.9 Å². The summed E-state index contributed by atoms with van der Waals surface area (Å²) in [6, 6.07) is 12.2. The zero-order valence-electron chi connectivity index (χ0n) is 16.0. The molecule has 0 fully saturated rings. The average Bonchev–Trinajstić information content (AvgIpc) is 3.30. The number of aryl methyl sites for hydroxylation is 2. The topological polar surface area (TPSA) is 51.0 Å². The van der Waals surface area contributed by atoms with Crippen LogP contribution in [-0.4, -0.2) is 32.4 Å². The van der Waals surface area contributed by atoms with Crippen LogP contribution in [0.5, 0.6) is 0 Å². The Hall–Kier alpha value is -2.99. The molecule has 0 aromatic carbocycles. The fraction of sp³-hybridized carbons (Fsp3) is 0.227. The van der Waals surface area contributed by atoms with Crippen LogP contribution in [0.1, 0.15) is 16.9 Å². The molecule has 4 rings (SSSR count). The van der Waals surface area contributed by atoms with Crippen molar-refractivity contribution in [1.29, 1.82) is 0 Å². The largest absolute Gasteiger partial charge is 0.341 e. The molecule has 0 radical (unpaired) electrons. The highest BCUT2D eigenvalue weighted by Gasteiger charge is 2.15. The van der Waals surface area contributed by atoms with Crippen LogP contribution >= 0.6 is 11.3 Å². The lowest BCUT2D eigenvalue weighted by Gasteiger charge is -2.18. The number of hydrogen-bond donors (Lipinski definition) is 0. The maximum Gasteiger partial charge on any atom is 0.224 e. The summed E-state index contributed by atoms with van der Waals surface area (Å²) in [7, 11) is 1.87. The van der Waals surface area contributed by atoms with E-state index in [1.165, 1.54) is 10.4 Å². The van der Waals surface area contributed by atoms with E-state index >= 15 is 0 Å². The van der Waals surface area contributed by atoms with E-state index in [-0.39, 0.29) is 5.91 Å². The number of carbonyl (C=O) groups is 1. The van der Waals surface area contributed by atoms with Gasteiger partial charge in [0.05, 0.1) is 12.2 Å². The van der Waals surface area contributed by atoms with Crippen LogP contribution in [0.3, 0.4) is 0 Å². The van der Waals surface area contributed by atoms with Crippen LogP contribution in [0.2, 0.25) is 0 Å². The molecule has 0 unspecified atom stereocenters. The summed E-state index contributed by atoms with van der Waals surface area (Å²) in [5.41, 5.74) is 4.27. The summed E-state index contributed by atoms with van der Waals surface area (Å²) in [5, 5.41) is 3.14. The highest BCUT2D eigenvalue weighted by molar-refractivity contribution is 7.10. The van der Waals surface area contributed by atoms with Gasteiger partial charge in [-0.3, -0.25) is 9.78 Å². The van der Waals surface area contributed by atoms with Crippen molar-refractivity contribution in [2.24, 2.45) is 0 Å². The van der Waals surface area contributed by atoms with Gasteiger partial charge < -0.3 is 9.47 Å². The summed E-state index contributed by atoms with van der Waals surface area (Å²) in [5.74, 6) is 0.131. The second-order valence-corrected chi connectivity index (χ2v) is 7.86. The quantitative estimate of drug-likeness (QED) is 0.486. The number of thiophene rings is 1. The Kier molecular flexibility index (Phi) is 5.21. The number of amides is 1. The molecule has 28 heavy (non-hydrogen) atoms. The molecule has 4 aromatic rings. The molecular formula is C22H22N4OS. The fourth-order valence-corrected chi connectivity index (χ4v) is 4.30. The van der Waals surface area contributed by atoms with E-state index in [2.05, 4.69) is 45.0 Å². The zero-order valence-corrected chi connectivity index (χ0v) is 16.8. The molecule has 0 saturated heterocycles. The first-order chi connectivity index (χ1) is 13.6. The first-order valence-electron chi connectivity index (χ1n) is 9.25. The minimum absolute atomic E-state index is 0.131. The van der Waals surface area contributed by atoms with Crippen LogP contribution in [0.25, 0.3) is 22.3 Å². The first-order valence-corrected chi connectivity index (χ1v) is 10.1. The van der Waals surface area contributed by atoms with Gasteiger partial charge in [-0.25, -0.2) is 4.98 Å². The predicted octanol–water partition coefficient (Wildman–Crippen LogP) is 4.52. The number of pyridine rings is 2. The van der Waals surface area contributed by atoms with E-state index in [0.29, 0.717) is 19.5 Å². The molecular weight excluding hydrogens is 368 g/mol. The monoisotopic (exact) mass is 390 g/mol. The number of hydrogen-bond acceptors (Lipinski definition) is 4. The summed E-state index contributed by atoms with van der Waals surface area (Å²) in [6.45, 7) is 3.33. The van der Waals surface area contributed by atoms with Crippen LogP contribution in [0.15, 0.2) is 60.4 Å². The number of nitrogens with zero attached hydrogens (tertiary/aromatic N) is 4. The van der Waals surface area contributed by atoms with Crippen LogP contribution in [-0.2, 0) is 17.9 Å². The Bertz CT molecular complexity index is 1100. The van der Waals surface area contributed by atoms with Gasteiger partial charge in [-0.15, -0.1) is 11.3 Å². The van der Waals surface area contributed by atoms with Crippen molar-refractivity contribution in [3.8, 4) is 11.3 Å². The number of carbonyl (C=O) groups excluding carboxylic acids is 1. The van der Waals surface area contributed by atoms with Gasteiger partial charge in [0.1, 0.15) is 5.65 Å². The van der Waals surface area contributed by atoms with Crippen LogP contribution in [0.4, 0.5) is 0 Å². The third kappa shape index (κ3) is 3.68. The standard InChI is InChI=1S/C22H22N4OS/c1-16-8-13-28-20(16)15-25(2)21(27)7-12-26-19(17-5-10-23-11-6-17)14-18-4-3-9-24-22(18)26/h3-6,8-11,13-14H,7,12,15H2,1-2H3. The van der Waals surface area contributed by atoms with E-state index < -0.39 is 0 Å². The molecule has 0 saturated carbocycles. The van der Waals surface area contributed by atoms with Gasteiger partial charge in [0.2, 0.25) is 5.91 Å². The van der Waals surface area contributed by atoms with Gasteiger partial charge >= 0.3 is 0 Å². The molecule has 0 aliphatic rings. The normalized spacial score (nSPS) is 11.1. The molecule has 5 nitrogen and oxygen atoms in total. The third-order valence-corrected chi connectivity index (χ3v) is 5.96. The highest BCUT2D eigenvalue weighted by atomic mass is 32.1. The minimum Gasteiger partial charge on any atom is -0.341 e. The van der Waals surface area contributed by atoms with E-state index in [1.807, 2.05) is 30.1 Å². The molecule has 142 valence electrons. The molecule has 0 spiro atoms. The Morgan fingerprint density at radius 3 is 2.75 bits per heavy atom. The van der Waals surface area contributed by atoms with Crippen LogP contribution < -0.4 is 0 Å². The van der Waals surface area contributed by atoms with Crippen molar-refractivity contribution in [3.63, 3.8) is 0 Å². The predicted molar refractivity (Wildman–Crippen MR) is 113 cm³/mol. The van der Waals surface area contributed by atoms with Crippen molar-refractivity contribution < 1.29 is 4.79 Å². The van der Waals surface area contributed by atoms with Gasteiger partial charge in [-0.1, -0.05) is 0 Å². The Balaban J connectivity index is 1.56. The average molecular weight is 391 g/mol. The van der Waals surface area contributed by atoms with E-state index in [9.17, 15) is 4.79 Å². The Morgan fingerprint density at radius 2 is 2.00 bits per heavy atom. The van der Waals surface area contributed by atoms with Crippen LogP contribution in [0, 0.1) is 6.92 Å². The maximum atomic E-state index is 12.7. The molecule has 0 N–H and O–H groups in total. The Morgan fingerprint density at radius 1 is 1.18 bits per heavy atom. The molecule has 4 heterocycles. The molecule has 0 bridgehead atoms. The SMILES string of the molecule is Cc1ccsc1CN(C)C(=O)CCn1c(-c2ccncc2)cc2cccnc21. The van der Waals surface area contributed by atoms with Gasteiger partial charge in [-0.05, 0) is 54.3 Å². The van der Waals surface area contributed by atoms with Crippen molar-refractivity contribution in [1.82, 2.24) is 19.4 Å². The third-order valence-electron chi connectivity index (χ3n) is 4.96. The lowest BCUT2D eigenvalue weighted by atomic mass is 10.2. The fourth-order valence-electron chi connectivity index (χ4n) is 3.34. The molecule has 4 aromatic heterocycles. The lowest BCUT2D eigenvalue weighted by Crippen LogP contribution is -2.27. The van der Waals surface area contributed by atoms with Gasteiger partial charge in [0.15, 0.2) is 0 Å². The molecule has 6 heteroatoms. The van der Waals surface area contributed by atoms with Crippen molar-refractivity contribution in [3.05, 3.63) is 70.8 Å². The number of aromatic nitrogens is 3. The second kappa shape index (κ2) is 7.94. The van der Waals surface area contributed by atoms with Gasteiger partial charge in [-0.2, -0.15) is 0 Å². The minimum atomic E-state index is 0.131. The summed E-state index contributed by atoms with van der Waals surface area (Å²) >= 11 is 1.70. The molecule has 1 amide bonds. The van der Waals surface area contributed by atoms with Crippen molar-refractivity contribution >= 4 is 28.3 Å². The molecule has 0 aliphatic heterocycles. The summed E-state index contributed by atoms with van der Waals surface area (Å²) < 4.78 is 2.13. The van der Waals surface area contributed by atoms with Gasteiger partial charge in [0.25, 0.3) is 0 Å². The summed E-state index contributed by atoms with van der Waals surface area (Å²) in [6.07, 6.45) is 5.79. The smallest absolute Gasteiger partial charge is 0.224 e. The first kappa shape index (κ1) is 18.4. The van der Waals surface area contributed by atoms with E-state index in [0.717, 1.165) is 22.3 Å². The molecule has 0 atom stereocenters. The number of fused-ring (bicyclic) bond motifs is 1. The lowest BCUT2D eigenvalue weighted by molar-refractivity contribution is -0.130. The van der Waals surface area contributed by atoms with Gasteiger partial charge in [0, 0.05) is 54.4 Å². The zero-order chi connectivity index (χ0) is 19.5. The van der Waals surface area contributed by atoms with E-state index in [4.69, 9.17) is 0 Å². The molecule has 0 aliphatic carbocycles. The second-order valence-electron chi connectivity index (χ2n) is 6.86. The van der Waals surface area contributed by atoms with Crippen molar-refractivity contribution in [2.75, 3.05) is 7.05 Å².